The highest BCUT2D eigenvalue weighted by Gasteiger charge is 2.39. The van der Waals surface area contributed by atoms with Crippen molar-refractivity contribution in [2.75, 3.05) is 26.7 Å². The van der Waals surface area contributed by atoms with Crippen LogP contribution in [0.15, 0.2) is 0 Å². The molecule has 0 aromatic heterocycles. The summed E-state index contributed by atoms with van der Waals surface area (Å²) in [4.78, 5) is 54.6. The molecule has 11 heteroatoms. The molecule has 2 rings (SSSR count). The van der Waals surface area contributed by atoms with Crippen LogP contribution >= 0.6 is 0 Å². The second-order valence-corrected chi connectivity index (χ2v) is 9.00. The molecule has 11 nitrogen and oxygen atoms in total. The van der Waals surface area contributed by atoms with E-state index in [4.69, 9.17) is 11.1 Å². The predicted octanol–water partition coefficient (Wildman–Crippen LogP) is 0.333. The van der Waals surface area contributed by atoms with Gasteiger partial charge in [0.25, 0.3) is 0 Å². The number of unbranched alkanes of at least 4 members (excludes halogenated alkanes) is 2. The molecular weight excluding hydrogens is 428 g/mol. The summed E-state index contributed by atoms with van der Waals surface area (Å²) in [5.74, 6) is -2.33. The van der Waals surface area contributed by atoms with Crippen molar-refractivity contribution in [1.29, 1.82) is 5.41 Å². The van der Waals surface area contributed by atoms with Gasteiger partial charge < -0.3 is 30.9 Å². The molecule has 1 heterocycles. The standard InChI is InChI=1S/C22H38N6O5/c1-3-4-5-8-18(29)25-17(21(33)28(14-20(31)32)15-9-10-15)12-19(30)26(2)16-7-6-11-27(13-16)22(23)24/h15-17H,3-14H2,1-2H3,(H3,23,24)(H,25,29)(H,31,32)/t16-,17-/m0/s1. The largest absolute Gasteiger partial charge is 0.480 e. The van der Waals surface area contributed by atoms with Crippen molar-refractivity contribution in [2.45, 2.75) is 82.8 Å². The van der Waals surface area contributed by atoms with E-state index in [1.165, 1.54) is 4.90 Å². The van der Waals surface area contributed by atoms with Gasteiger partial charge in [-0.25, -0.2) is 0 Å². The molecule has 0 aromatic carbocycles. The van der Waals surface area contributed by atoms with E-state index in [9.17, 15) is 24.3 Å². The van der Waals surface area contributed by atoms with Gasteiger partial charge in [-0.15, -0.1) is 0 Å². The summed E-state index contributed by atoms with van der Waals surface area (Å²) in [5, 5.41) is 19.6. The van der Waals surface area contributed by atoms with E-state index < -0.39 is 24.5 Å². The summed E-state index contributed by atoms with van der Waals surface area (Å²) in [6.07, 6.45) is 5.49. The number of rotatable bonds is 12. The van der Waals surface area contributed by atoms with Gasteiger partial charge in [-0.1, -0.05) is 19.8 Å². The first kappa shape index (κ1) is 26.4. The van der Waals surface area contributed by atoms with Crippen LogP contribution in [-0.4, -0.2) is 94.3 Å². The highest BCUT2D eigenvalue weighted by Crippen LogP contribution is 2.27. The first-order chi connectivity index (χ1) is 15.6. The second-order valence-electron chi connectivity index (χ2n) is 9.00. The normalized spacial score (nSPS) is 18.8. The van der Waals surface area contributed by atoms with Crippen LogP contribution in [-0.2, 0) is 19.2 Å². The Morgan fingerprint density at radius 1 is 1.18 bits per heavy atom. The third kappa shape index (κ3) is 8.21. The molecule has 1 aliphatic heterocycles. The van der Waals surface area contributed by atoms with Gasteiger partial charge in [0.05, 0.1) is 6.42 Å². The van der Waals surface area contributed by atoms with Gasteiger partial charge in [-0.05, 0) is 32.1 Å². The number of likely N-dealkylation sites (N-methyl/N-ethyl adjacent to an activating group) is 1. The zero-order valence-corrected chi connectivity index (χ0v) is 19.7. The molecule has 2 atom stereocenters. The highest BCUT2D eigenvalue weighted by molar-refractivity contribution is 5.93. The zero-order valence-electron chi connectivity index (χ0n) is 19.7. The van der Waals surface area contributed by atoms with Gasteiger partial charge in [0.1, 0.15) is 12.6 Å². The van der Waals surface area contributed by atoms with Crippen LogP contribution in [0.4, 0.5) is 0 Å². The van der Waals surface area contributed by atoms with Crippen LogP contribution in [0.5, 0.6) is 0 Å². The van der Waals surface area contributed by atoms with Gasteiger partial charge in [-0.3, -0.25) is 24.6 Å². The van der Waals surface area contributed by atoms with Gasteiger partial charge in [0.2, 0.25) is 17.7 Å². The Kier molecular flexibility index (Phi) is 9.93. The molecule has 3 amide bonds. The summed E-state index contributed by atoms with van der Waals surface area (Å²) >= 11 is 0. The number of nitrogens with zero attached hydrogens (tertiary/aromatic N) is 3. The monoisotopic (exact) mass is 466 g/mol. The molecule has 0 aromatic rings. The number of guanidine groups is 1. The Labute approximate surface area is 195 Å². The Balaban J connectivity index is 2.10. The van der Waals surface area contributed by atoms with Crippen molar-refractivity contribution < 1.29 is 24.3 Å². The lowest BCUT2D eigenvalue weighted by molar-refractivity contribution is -0.147. The third-order valence-electron chi connectivity index (χ3n) is 6.27. The lowest BCUT2D eigenvalue weighted by atomic mass is 10.0. The average Bonchev–Trinajstić information content (AvgIpc) is 3.61. The van der Waals surface area contributed by atoms with Gasteiger partial charge in [-0.2, -0.15) is 0 Å². The van der Waals surface area contributed by atoms with Crippen molar-refractivity contribution in [3.63, 3.8) is 0 Å². The molecule has 5 N–H and O–H groups in total. The van der Waals surface area contributed by atoms with Crippen molar-refractivity contribution in [1.82, 2.24) is 20.0 Å². The van der Waals surface area contributed by atoms with E-state index in [0.29, 0.717) is 32.4 Å². The van der Waals surface area contributed by atoms with Crippen molar-refractivity contribution in [3.8, 4) is 0 Å². The number of hydrogen-bond acceptors (Lipinski definition) is 5. The van der Waals surface area contributed by atoms with Crippen molar-refractivity contribution in [3.05, 3.63) is 0 Å². The molecule has 1 saturated heterocycles. The van der Waals surface area contributed by atoms with E-state index >= 15 is 0 Å². The Hall–Kier alpha value is -2.85. The number of likely N-dealkylation sites (tertiary alicyclic amines) is 1. The van der Waals surface area contributed by atoms with Crippen molar-refractivity contribution >= 4 is 29.7 Å². The topological polar surface area (TPSA) is 160 Å². The van der Waals surface area contributed by atoms with Crippen LogP contribution in [0.2, 0.25) is 0 Å². The highest BCUT2D eigenvalue weighted by atomic mass is 16.4. The number of carbonyl (C=O) groups excluding carboxylic acids is 3. The molecule has 0 unspecified atom stereocenters. The van der Waals surface area contributed by atoms with E-state index in [1.54, 1.807) is 16.8 Å². The summed E-state index contributed by atoms with van der Waals surface area (Å²) < 4.78 is 0. The molecule has 1 saturated carbocycles. The summed E-state index contributed by atoms with van der Waals surface area (Å²) in [5.41, 5.74) is 5.60. The van der Waals surface area contributed by atoms with Gasteiger partial charge in [0.15, 0.2) is 5.96 Å². The maximum Gasteiger partial charge on any atom is 0.323 e. The minimum Gasteiger partial charge on any atom is -0.480 e. The fourth-order valence-corrected chi connectivity index (χ4v) is 4.13. The predicted molar refractivity (Wildman–Crippen MR) is 122 cm³/mol. The van der Waals surface area contributed by atoms with Crippen LogP contribution in [0.1, 0.15) is 64.7 Å². The maximum atomic E-state index is 13.2. The summed E-state index contributed by atoms with van der Waals surface area (Å²) in [6.45, 7) is 2.67. The number of carboxylic acids is 1. The fourth-order valence-electron chi connectivity index (χ4n) is 4.13. The molecular formula is C22H38N6O5. The number of carbonyl (C=O) groups is 4. The molecule has 33 heavy (non-hydrogen) atoms. The van der Waals surface area contributed by atoms with E-state index in [0.717, 1.165) is 25.7 Å². The Bertz CT molecular complexity index is 741. The van der Waals surface area contributed by atoms with E-state index in [-0.39, 0.29) is 42.7 Å². The fraction of sp³-hybridized carbons (Fsp3) is 0.773. The molecule has 2 aliphatic rings. The van der Waals surface area contributed by atoms with Crippen LogP contribution < -0.4 is 11.1 Å². The van der Waals surface area contributed by atoms with Crippen LogP contribution in [0.25, 0.3) is 0 Å². The lowest BCUT2D eigenvalue weighted by Gasteiger charge is -2.38. The molecule has 0 spiro atoms. The van der Waals surface area contributed by atoms with Gasteiger partial charge >= 0.3 is 5.97 Å². The first-order valence-electron chi connectivity index (χ1n) is 11.8. The number of hydrogen-bond donors (Lipinski definition) is 4. The third-order valence-corrected chi connectivity index (χ3v) is 6.27. The Morgan fingerprint density at radius 2 is 1.88 bits per heavy atom. The van der Waals surface area contributed by atoms with Gasteiger partial charge in [0, 0.05) is 38.6 Å². The molecule has 2 fully saturated rings. The van der Waals surface area contributed by atoms with E-state index in [2.05, 4.69) is 5.32 Å². The van der Waals surface area contributed by atoms with E-state index in [1.807, 2.05) is 6.92 Å². The Morgan fingerprint density at radius 3 is 2.45 bits per heavy atom. The summed E-state index contributed by atoms with van der Waals surface area (Å²) in [7, 11) is 1.65. The number of aliphatic carboxylic acids is 1. The van der Waals surface area contributed by atoms with Crippen LogP contribution in [0.3, 0.4) is 0 Å². The van der Waals surface area contributed by atoms with Crippen molar-refractivity contribution in [2.24, 2.45) is 5.73 Å². The number of amides is 3. The molecule has 0 bridgehead atoms. The SMILES string of the molecule is CCCCCC(=O)N[C@@H](CC(=O)N(C)[C@H]1CCCN(C(=N)N)C1)C(=O)N(CC(=O)O)C1CC1. The minimum atomic E-state index is -1.13. The zero-order chi connectivity index (χ0) is 24.5. The number of nitrogens with two attached hydrogens (primary N) is 1. The lowest BCUT2D eigenvalue weighted by Crippen LogP contribution is -2.55. The first-order valence-corrected chi connectivity index (χ1v) is 11.8. The molecule has 186 valence electrons. The quantitative estimate of drug-likeness (QED) is 0.183. The number of nitrogens with one attached hydrogen (secondary N) is 2. The molecule has 0 radical (unpaired) electrons. The number of carboxylic acid groups (broad SMARTS) is 1. The minimum absolute atomic E-state index is 0.0401. The smallest absolute Gasteiger partial charge is 0.323 e. The summed E-state index contributed by atoms with van der Waals surface area (Å²) in [6, 6.07) is -1.44. The average molecular weight is 467 g/mol. The van der Waals surface area contributed by atoms with Crippen LogP contribution in [0, 0.1) is 5.41 Å². The molecule has 1 aliphatic carbocycles. The second kappa shape index (κ2) is 12.4. The maximum absolute atomic E-state index is 13.2. The number of piperidine rings is 1.